The van der Waals surface area contributed by atoms with Crippen molar-refractivity contribution in [2.45, 2.75) is 20.4 Å². The third-order valence-electron chi connectivity index (χ3n) is 4.63. The minimum absolute atomic E-state index is 0.344. The van der Waals surface area contributed by atoms with E-state index >= 15 is 0 Å². The van der Waals surface area contributed by atoms with Gasteiger partial charge in [0.1, 0.15) is 5.82 Å². The first-order chi connectivity index (χ1) is 13.1. The van der Waals surface area contributed by atoms with Crippen LogP contribution in [0.5, 0.6) is 0 Å². The Hall–Kier alpha value is -3.41. The number of nitrogens with zero attached hydrogens (tertiary/aromatic N) is 2. The molecule has 2 aromatic heterocycles. The second-order valence-corrected chi connectivity index (χ2v) is 6.35. The van der Waals surface area contributed by atoms with Crippen molar-refractivity contribution in [3.05, 3.63) is 66.2 Å². The number of rotatable bonds is 3. The number of aromatic nitrogens is 2. The highest BCUT2D eigenvalue weighted by Crippen LogP contribution is 2.32. The molecule has 0 radical (unpaired) electrons. The molecule has 2 heterocycles. The first-order valence-corrected chi connectivity index (χ1v) is 8.78. The number of urea groups is 1. The average Bonchev–Trinajstić information content (AvgIpc) is 2.98. The standard InChI is InChI=1S/C21H19FN4O/c1-3-26-19-9-8-16(12-18(19)17-10-11-23-13(2)20(17)26)25-21(27)24-15-6-4-14(22)5-7-15/h4-12H,3H2,1-2H3,(H2,24,25,27). The van der Waals surface area contributed by atoms with E-state index in [1.54, 1.807) is 6.20 Å². The maximum atomic E-state index is 13.0. The van der Waals surface area contributed by atoms with E-state index in [0.717, 1.165) is 34.0 Å². The summed E-state index contributed by atoms with van der Waals surface area (Å²) in [5, 5.41) is 7.71. The van der Waals surface area contributed by atoms with Crippen LogP contribution < -0.4 is 10.6 Å². The van der Waals surface area contributed by atoms with E-state index in [1.165, 1.54) is 24.3 Å². The maximum Gasteiger partial charge on any atom is 0.323 e. The highest BCUT2D eigenvalue weighted by molar-refractivity contribution is 6.10. The predicted octanol–water partition coefficient (Wildman–Crippen LogP) is 5.30. The third kappa shape index (κ3) is 3.10. The van der Waals surface area contributed by atoms with Crippen molar-refractivity contribution in [2.24, 2.45) is 0 Å². The van der Waals surface area contributed by atoms with Crippen molar-refractivity contribution >= 4 is 39.2 Å². The maximum absolute atomic E-state index is 13.0. The summed E-state index contributed by atoms with van der Waals surface area (Å²) >= 11 is 0. The quantitative estimate of drug-likeness (QED) is 0.519. The van der Waals surface area contributed by atoms with Crippen LogP contribution in [0.4, 0.5) is 20.6 Å². The van der Waals surface area contributed by atoms with Gasteiger partial charge < -0.3 is 15.2 Å². The van der Waals surface area contributed by atoms with Crippen LogP contribution >= 0.6 is 0 Å². The summed E-state index contributed by atoms with van der Waals surface area (Å²) in [5.41, 5.74) is 4.41. The molecule has 4 rings (SSSR count). The molecule has 0 bridgehead atoms. The van der Waals surface area contributed by atoms with Gasteiger partial charge in [-0.25, -0.2) is 9.18 Å². The first kappa shape index (κ1) is 17.0. The van der Waals surface area contributed by atoms with Gasteiger partial charge in [0.05, 0.1) is 11.2 Å². The van der Waals surface area contributed by atoms with E-state index in [2.05, 4.69) is 27.1 Å². The Morgan fingerprint density at radius 1 is 1.04 bits per heavy atom. The van der Waals surface area contributed by atoms with Crippen LogP contribution in [0.2, 0.25) is 0 Å². The van der Waals surface area contributed by atoms with Gasteiger partial charge in [-0.2, -0.15) is 0 Å². The minimum Gasteiger partial charge on any atom is -0.339 e. The average molecular weight is 362 g/mol. The van der Waals surface area contributed by atoms with Crippen molar-refractivity contribution in [1.29, 1.82) is 0 Å². The van der Waals surface area contributed by atoms with Gasteiger partial charge >= 0.3 is 6.03 Å². The van der Waals surface area contributed by atoms with E-state index in [4.69, 9.17) is 0 Å². The van der Waals surface area contributed by atoms with E-state index in [1.807, 2.05) is 31.2 Å². The lowest BCUT2D eigenvalue weighted by Gasteiger charge is -2.08. The number of fused-ring (bicyclic) bond motifs is 3. The van der Waals surface area contributed by atoms with Crippen molar-refractivity contribution in [2.75, 3.05) is 10.6 Å². The number of pyridine rings is 1. The lowest BCUT2D eigenvalue weighted by Crippen LogP contribution is -2.19. The van der Waals surface area contributed by atoms with Crippen molar-refractivity contribution < 1.29 is 9.18 Å². The number of halogens is 1. The molecule has 0 saturated heterocycles. The Balaban J connectivity index is 1.67. The molecule has 6 heteroatoms. The van der Waals surface area contributed by atoms with Crippen molar-refractivity contribution in [3.63, 3.8) is 0 Å². The smallest absolute Gasteiger partial charge is 0.323 e. The molecule has 0 spiro atoms. The van der Waals surface area contributed by atoms with Gasteiger partial charge in [-0.1, -0.05) is 0 Å². The summed E-state index contributed by atoms with van der Waals surface area (Å²) in [6, 6.07) is 13.1. The normalized spacial score (nSPS) is 11.1. The molecular weight excluding hydrogens is 343 g/mol. The summed E-state index contributed by atoms with van der Waals surface area (Å²) < 4.78 is 15.2. The highest BCUT2D eigenvalue weighted by atomic mass is 19.1. The van der Waals surface area contributed by atoms with Gasteiger partial charge in [-0.15, -0.1) is 0 Å². The molecule has 136 valence electrons. The molecular formula is C21H19FN4O. The largest absolute Gasteiger partial charge is 0.339 e. The van der Waals surface area contributed by atoms with Gasteiger partial charge in [0.2, 0.25) is 0 Å². The Labute approximate surface area is 155 Å². The second kappa shape index (κ2) is 6.72. The van der Waals surface area contributed by atoms with Gasteiger partial charge in [0.25, 0.3) is 0 Å². The summed E-state index contributed by atoms with van der Waals surface area (Å²) in [7, 11) is 0. The van der Waals surface area contributed by atoms with Crippen LogP contribution in [-0.4, -0.2) is 15.6 Å². The third-order valence-corrected chi connectivity index (χ3v) is 4.63. The highest BCUT2D eigenvalue weighted by Gasteiger charge is 2.13. The van der Waals surface area contributed by atoms with Crippen LogP contribution in [0.25, 0.3) is 21.8 Å². The van der Waals surface area contributed by atoms with Crippen LogP contribution in [-0.2, 0) is 6.54 Å². The SMILES string of the molecule is CCn1c2ccc(NC(=O)Nc3ccc(F)cc3)cc2c2ccnc(C)c21. The summed E-state index contributed by atoms with van der Waals surface area (Å²) in [4.78, 5) is 16.7. The molecule has 0 atom stereocenters. The first-order valence-electron chi connectivity index (χ1n) is 8.78. The molecule has 2 N–H and O–H groups in total. The molecule has 0 aliphatic heterocycles. The summed E-state index contributed by atoms with van der Waals surface area (Å²) in [5.74, 6) is -0.344. The molecule has 0 unspecified atom stereocenters. The van der Waals surface area contributed by atoms with Gasteiger partial charge in [0.15, 0.2) is 0 Å². The zero-order valence-corrected chi connectivity index (χ0v) is 15.1. The molecule has 5 nitrogen and oxygen atoms in total. The number of benzene rings is 2. The minimum atomic E-state index is -0.377. The Bertz CT molecular complexity index is 1150. The summed E-state index contributed by atoms with van der Waals surface area (Å²) in [6.07, 6.45) is 1.80. The van der Waals surface area contributed by atoms with E-state index < -0.39 is 0 Å². The van der Waals surface area contributed by atoms with Crippen molar-refractivity contribution in [1.82, 2.24) is 9.55 Å². The number of amides is 2. The lowest BCUT2D eigenvalue weighted by molar-refractivity contribution is 0.262. The van der Waals surface area contributed by atoms with Crippen LogP contribution in [0.3, 0.4) is 0 Å². The molecule has 4 aromatic rings. The topological polar surface area (TPSA) is 59.0 Å². The number of hydrogen-bond donors (Lipinski definition) is 2. The van der Waals surface area contributed by atoms with Gasteiger partial charge in [-0.3, -0.25) is 4.98 Å². The number of carbonyl (C=O) groups excluding carboxylic acids is 1. The fraction of sp³-hybridized carbons (Fsp3) is 0.143. The van der Waals surface area contributed by atoms with Crippen LogP contribution in [0.1, 0.15) is 12.6 Å². The zero-order chi connectivity index (χ0) is 19.0. The monoisotopic (exact) mass is 362 g/mol. The number of hydrogen-bond acceptors (Lipinski definition) is 2. The van der Waals surface area contributed by atoms with E-state index in [-0.39, 0.29) is 11.8 Å². The number of carbonyl (C=O) groups is 1. The molecule has 0 fully saturated rings. The fourth-order valence-corrected chi connectivity index (χ4v) is 3.46. The molecule has 2 amide bonds. The van der Waals surface area contributed by atoms with Crippen molar-refractivity contribution in [3.8, 4) is 0 Å². The van der Waals surface area contributed by atoms with Gasteiger partial charge in [-0.05, 0) is 62.4 Å². The molecule has 2 aromatic carbocycles. The number of aryl methyl sites for hydroxylation is 2. The van der Waals surface area contributed by atoms with E-state index in [0.29, 0.717) is 11.4 Å². The van der Waals surface area contributed by atoms with Crippen LogP contribution in [0, 0.1) is 12.7 Å². The fourth-order valence-electron chi connectivity index (χ4n) is 3.46. The Morgan fingerprint density at radius 3 is 2.48 bits per heavy atom. The zero-order valence-electron chi connectivity index (χ0n) is 15.1. The predicted molar refractivity (Wildman–Crippen MR) is 107 cm³/mol. The van der Waals surface area contributed by atoms with Gasteiger partial charge in [0, 0.05) is 40.4 Å². The lowest BCUT2D eigenvalue weighted by atomic mass is 10.1. The van der Waals surface area contributed by atoms with E-state index in [9.17, 15) is 9.18 Å². The Morgan fingerprint density at radius 2 is 1.74 bits per heavy atom. The molecule has 0 aliphatic carbocycles. The molecule has 27 heavy (non-hydrogen) atoms. The number of nitrogens with one attached hydrogen (secondary N) is 2. The number of anilines is 2. The summed E-state index contributed by atoms with van der Waals surface area (Å²) in [6.45, 7) is 4.95. The Kier molecular flexibility index (Phi) is 4.24. The second-order valence-electron chi connectivity index (χ2n) is 6.35. The van der Waals surface area contributed by atoms with Crippen LogP contribution in [0.15, 0.2) is 54.7 Å². The molecule has 0 saturated carbocycles. The molecule has 0 aliphatic rings.